The zero-order valence-electron chi connectivity index (χ0n) is 12.1. The molecule has 1 unspecified atom stereocenters. The van der Waals surface area contributed by atoms with E-state index in [4.69, 9.17) is 0 Å². The fourth-order valence-corrected chi connectivity index (χ4v) is 3.32. The van der Waals surface area contributed by atoms with Crippen LogP contribution in [-0.4, -0.2) is 19.6 Å². The average molecular weight is 305 g/mol. The highest BCUT2D eigenvalue weighted by Gasteiger charge is 2.17. The van der Waals surface area contributed by atoms with Crippen molar-refractivity contribution < 1.29 is 13.5 Å². The maximum atomic E-state index is 12.2. The van der Waals surface area contributed by atoms with Crippen molar-refractivity contribution in [2.24, 2.45) is 0 Å². The third-order valence-corrected chi connectivity index (χ3v) is 4.77. The molecule has 0 aliphatic rings. The van der Waals surface area contributed by atoms with Crippen LogP contribution in [0.15, 0.2) is 53.4 Å². The van der Waals surface area contributed by atoms with E-state index in [9.17, 15) is 13.5 Å². The van der Waals surface area contributed by atoms with E-state index in [1.165, 1.54) is 0 Å². The van der Waals surface area contributed by atoms with Crippen molar-refractivity contribution in [1.29, 1.82) is 0 Å². The van der Waals surface area contributed by atoms with Gasteiger partial charge in [-0.25, -0.2) is 13.1 Å². The van der Waals surface area contributed by atoms with E-state index in [0.717, 1.165) is 11.1 Å². The molecule has 2 aromatic rings. The summed E-state index contributed by atoms with van der Waals surface area (Å²) in [5.41, 5.74) is 1.98. The number of aromatic hydroxyl groups is 1. The summed E-state index contributed by atoms with van der Waals surface area (Å²) < 4.78 is 27.2. The van der Waals surface area contributed by atoms with E-state index in [2.05, 4.69) is 4.72 Å². The summed E-state index contributed by atoms with van der Waals surface area (Å²) in [4.78, 5) is 0.269. The zero-order valence-corrected chi connectivity index (χ0v) is 12.9. The highest BCUT2D eigenvalue weighted by molar-refractivity contribution is 7.89. The summed E-state index contributed by atoms with van der Waals surface area (Å²) in [6, 6.07) is 13.3. The summed E-state index contributed by atoms with van der Waals surface area (Å²) in [5, 5.41) is 9.24. The van der Waals surface area contributed by atoms with Crippen LogP contribution < -0.4 is 4.72 Å². The number of hydrogen-bond acceptors (Lipinski definition) is 3. The minimum absolute atomic E-state index is 0.201. The van der Waals surface area contributed by atoms with Gasteiger partial charge in [-0.05, 0) is 50.1 Å². The molecular formula is C16H19NO3S. The highest BCUT2D eigenvalue weighted by atomic mass is 32.2. The minimum atomic E-state index is -3.50. The van der Waals surface area contributed by atoms with Gasteiger partial charge in [0.25, 0.3) is 0 Å². The molecule has 0 amide bonds. The van der Waals surface area contributed by atoms with Crippen LogP contribution in [0.1, 0.15) is 18.1 Å². The third kappa shape index (κ3) is 4.31. The first kappa shape index (κ1) is 15.5. The summed E-state index contributed by atoms with van der Waals surface area (Å²) in [5.74, 6) is 0.201. The smallest absolute Gasteiger partial charge is 0.240 e. The fraction of sp³-hybridized carbons (Fsp3) is 0.250. The van der Waals surface area contributed by atoms with E-state index >= 15 is 0 Å². The Bertz CT molecular complexity index is 691. The molecule has 1 atom stereocenters. The Morgan fingerprint density at radius 3 is 2.19 bits per heavy atom. The molecule has 0 aliphatic carbocycles. The van der Waals surface area contributed by atoms with Crippen molar-refractivity contribution >= 4 is 10.0 Å². The van der Waals surface area contributed by atoms with Crippen LogP contribution in [0, 0.1) is 6.92 Å². The van der Waals surface area contributed by atoms with Gasteiger partial charge in [-0.2, -0.15) is 0 Å². The van der Waals surface area contributed by atoms with Gasteiger partial charge in [-0.15, -0.1) is 0 Å². The van der Waals surface area contributed by atoms with Gasteiger partial charge in [0.2, 0.25) is 10.0 Å². The Labute approximate surface area is 125 Å². The van der Waals surface area contributed by atoms with Crippen molar-refractivity contribution in [1.82, 2.24) is 4.72 Å². The molecule has 0 saturated carbocycles. The number of phenolic OH excluding ortho intramolecular Hbond substituents is 1. The molecule has 0 heterocycles. The zero-order chi connectivity index (χ0) is 15.5. The van der Waals surface area contributed by atoms with Gasteiger partial charge in [0.05, 0.1) is 4.90 Å². The number of phenols is 1. The first-order chi connectivity index (χ1) is 9.87. The Kier molecular flexibility index (Phi) is 4.65. The summed E-state index contributed by atoms with van der Waals surface area (Å²) in [7, 11) is -3.50. The van der Waals surface area contributed by atoms with E-state index < -0.39 is 10.0 Å². The lowest BCUT2D eigenvalue weighted by Crippen LogP contribution is -2.34. The molecule has 2 N–H and O–H groups in total. The largest absolute Gasteiger partial charge is 0.508 e. The summed E-state index contributed by atoms with van der Waals surface area (Å²) >= 11 is 0. The Hall–Kier alpha value is -1.85. The predicted molar refractivity (Wildman–Crippen MR) is 82.8 cm³/mol. The van der Waals surface area contributed by atoms with Gasteiger partial charge in [-0.1, -0.05) is 29.8 Å². The molecule has 0 aliphatic heterocycles. The number of rotatable bonds is 5. The molecule has 0 bridgehead atoms. The molecule has 0 fully saturated rings. The number of hydrogen-bond donors (Lipinski definition) is 2. The van der Waals surface area contributed by atoms with E-state index in [1.807, 2.05) is 13.8 Å². The second-order valence-corrected chi connectivity index (χ2v) is 6.92. The quantitative estimate of drug-likeness (QED) is 0.892. The van der Waals surface area contributed by atoms with Gasteiger partial charge in [0, 0.05) is 6.04 Å². The van der Waals surface area contributed by atoms with Crippen molar-refractivity contribution in [3.05, 3.63) is 59.7 Å². The molecule has 4 nitrogen and oxygen atoms in total. The topological polar surface area (TPSA) is 66.4 Å². The van der Waals surface area contributed by atoms with Crippen molar-refractivity contribution in [2.45, 2.75) is 31.2 Å². The van der Waals surface area contributed by atoms with Crippen molar-refractivity contribution in [3.8, 4) is 5.75 Å². The first-order valence-electron chi connectivity index (χ1n) is 6.74. The van der Waals surface area contributed by atoms with Crippen LogP contribution in [0.25, 0.3) is 0 Å². The molecular weight excluding hydrogens is 286 g/mol. The van der Waals surface area contributed by atoms with Gasteiger partial charge >= 0.3 is 0 Å². The predicted octanol–water partition coefficient (Wildman–Crippen LogP) is 2.61. The SMILES string of the molecule is Cc1ccc(S(=O)(=O)NC(C)Cc2ccc(O)cc2)cc1. The van der Waals surface area contributed by atoms with Gasteiger partial charge in [0.15, 0.2) is 0 Å². The number of nitrogens with one attached hydrogen (secondary N) is 1. The molecule has 21 heavy (non-hydrogen) atoms. The molecule has 2 aromatic carbocycles. The normalized spacial score (nSPS) is 13.0. The Morgan fingerprint density at radius 2 is 1.62 bits per heavy atom. The van der Waals surface area contributed by atoms with Gasteiger partial charge < -0.3 is 5.11 Å². The van der Waals surface area contributed by atoms with Gasteiger partial charge in [0.1, 0.15) is 5.75 Å². The maximum Gasteiger partial charge on any atom is 0.240 e. The number of aryl methyl sites for hydroxylation is 1. The van der Waals surface area contributed by atoms with E-state index in [0.29, 0.717) is 6.42 Å². The Balaban J connectivity index is 2.05. The monoisotopic (exact) mass is 305 g/mol. The standard InChI is InChI=1S/C16H19NO3S/c1-12-3-9-16(10-4-12)21(19,20)17-13(2)11-14-5-7-15(18)8-6-14/h3-10,13,17-18H,11H2,1-2H3. The van der Waals surface area contributed by atoms with Crippen LogP contribution in [-0.2, 0) is 16.4 Å². The van der Waals surface area contributed by atoms with Crippen molar-refractivity contribution in [3.63, 3.8) is 0 Å². The molecule has 0 radical (unpaired) electrons. The molecule has 0 saturated heterocycles. The van der Waals surface area contributed by atoms with Crippen LogP contribution in [0.2, 0.25) is 0 Å². The van der Waals surface area contributed by atoms with Crippen LogP contribution in [0.5, 0.6) is 5.75 Å². The third-order valence-electron chi connectivity index (χ3n) is 3.17. The fourth-order valence-electron chi connectivity index (χ4n) is 2.08. The number of sulfonamides is 1. The second-order valence-electron chi connectivity index (χ2n) is 5.21. The van der Waals surface area contributed by atoms with Crippen LogP contribution in [0.4, 0.5) is 0 Å². The minimum Gasteiger partial charge on any atom is -0.508 e. The molecule has 112 valence electrons. The second kappa shape index (κ2) is 6.28. The van der Waals surface area contributed by atoms with E-state index in [1.54, 1.807) is 48.5 Å². The summed E-state index contributed by atoms with van der Waals surface area (Å²) in [6.45, 7) is 3.73. The van der Waals surface area contributed by atoms with Crippen LogP contribution in [0.3, 0.4) is 0 Å². The first-order valence-corrected chi connectivity index (χ1v) is 8.22. The molecule has 0 spiro atoms. The van der Waals surface area contributed by atoms with Crippen LogP contribution >= 0.6 is 0 Å². The average Bonchev–Trinajstić information content (AvgIpc) is 2.41. The molecule has 5 heteroatoms. The lowest BCUT2D eigenvalue weighted by Gasteiger charge is -2.14. The Morgan fingerprint density at radius 1 is 1.05 bits per heavy atom. The molecule has 2 rings (SSSR count). The van der Waals surface area contributed by atoms with Crippen molar-refractivity contribution in [2.75, 3.05) is 0 Å². The van der Waals surface area contributed by atoms with Gasteiger partial charge in [-0.3, -0.25) is 0 Å². The summed E-state index contributed by atoms with van der Waals surface area (Å²) in [6.07, 6.45) is 0.561. The lowest BCUT2D eigenvalue weighted by atomic mass is 10.1. The van der Waals surface area contributed by atoms with E-state index in [-0.39, 0.29) is 16.7 Å². The highest BCUT2D eigenvalue weighted by Crippen LogP contribution is 2.14. The number of benzene rings is 2. The molecule has 0 aromatic heterocycles. The maximum absolute atomic E-state index is 12.2. The lowest BCUT2D eigenvalue weighted by molar-refractivity contribution is 0.475.